The lowest BCUT2D eigenvalue weighted by molar-refractivity contribution is -0.125. The molecule has 2 aliphatic rings. The number of anilines is 1. The fourth-order valence-electron chi connectivity index (χ4n) is 4.82. The number of nitrogens with zero attached hydrogens (tertiary/aromatic N) is 2. The van der Waals surface area contributed by atoms with Gasteiger partial charge in [0.1, 0.15) is 5.82 Å². The van der Waals surface area contributed by atoms with Gasteiger partial charge in [-0.25, -0.2) is 4.39 Å². The molecule has 0 aliphatic carbocycles. The number of hydrogen-bond donors (Lipinski definition) is 2. The fraction of sp³-hybridized carbons (Fsp3) is 0.429. The Morgan fingerprint density at radius 1 is 1.39 bits per heavy atom. The van der Waals surface area contributed by atoms with E-state index < -0.39 is 5.91 Å². The predicted molar refractivity (Wildman–Crippen MR) is 107 cm³/mol. The Kier molecular flexibility index (Phi) is 4.40. The lowest BCUT2D eigenvalue weighted by Crippen LogP contribution is -2.37. The van der Waals surface area contributed by atoms with Crippen molar-refractivity contribution >= 4 is 28.4 Å². The van der Waals surface area contributed by atoms with E-state index in [0.29, 0.717) is 30.3 Å². The van der Waals surface area contributed by atoms with Crippen molar-refractivity contribution in [2.24, 2.45) is 11.7 Å². The molecule has 1 aromatic heterocycles. The van der Waals surface area contributed by atoms with E-state index in [-0.39, 0.29) is 24.2 Å². The third-order valence-corrected chi connectivity index (χ3v) is 6.27. The van der Waals surface area contributed by atoms with Gasteiger partial charge in [-0.15, -0.1) is 0 Å². The number of halogens is 1. The maximum Gasteiger partial charge on any atom is 0.246 e. The van der Waals surface area contributed by atoms with Gasteiger partial charge in [0.15, 0.2) is 0 Å². The molecule has 2 aliphatic heterocycles. The first-order valence-corrected chi connectivity index (χ1v) is 9.58. The van der Waals surface area contributed by atoms with E-state index >= 15 is 4.39 Å². The van der Waals surface area contributed by atoms with Crippen molar-refractivity contribution in [3.63, 3.8) is 0 Å². The summed E-state index contributed by atoms with van der Waals surface area (Å²) < 4.78 is 15.3. The Hall–Kier alpha value is -2.83. The SMILES string of the molecule is C=CC(=O)N1CC2CCN(c3c(F)cc(CC(N)=O)c4[nH]c(C)c(C)c34)C2C1. The number of H-pyrrole nitrogens is 1. The smallest absolute Gasteiger partial charge is 0.246 e. The quantitative estimate of drug-likeness (QED) is 0.793. The van der Waals surface area contributed by atoms with Crippen LogP contribution >= 0.6 is 0 Å². The minimum Gasteiger partial charge on any atom is -0.369 e. The predicted octanol–water partition coefficient (Wildman–Crippen LogP) is 2.17. The second-order valence-electron chi connectivity index (χ2n) is 7.89. The normalized spacial score (nSPS) is 21.4. The van der Waals surface area contributed by atoms with Crippen LogP contribution in [0.3, 0.4) is 0 Å². The highest BCUT2D eigenvalue weighted by Crippen LogP contribution is 2.42. The van der Waals surface area contributed by atoms with Gasteiger partial charge in [-0.05, 0) is 43.5 Å². The second-order valence-corrected chi connectivity index (χ2v) is 7.89. The van der Waals surface area contributed by atoms with Crippen LogP contribution in [-0.2, 0) is 16.0 Å². The number of aromatic nitrogens is 1. The molecule has 2 saturated heterocycles. The van der Waals surface area contributed by atoms with Crippen molar-refractivity contribution in [3.8, 4) is 0 Å². The minimum absolute atomic E-state index is 0.0131. The third kappa shape index (κ3) is 2.77. The Bertz CT molecular complexity index is 996. The van der Waals surface area contributed by atoms with E-state index in [4.69, 9.17) is 5.73 Å². The number of benzene rings is 1. The summed E-state index contributed by atoms with van der Waals surface area (Å²) >= 11 is 0. The zero-order chi connectivity index (χ0) is 20.2. The molecule has 3 heterocycles. The summed E-state index contributed by atoms with van der Waals surface area (Å²) in [6, 6.07) is 1.51. The summed E-state index contributed by atoms with van der Waals surface area (Å²) in [6.07, 6.45) is 2.24. The lowest BCUT2D eigenvalue weighted by atomic mass is 10.0. The van der Waals surface area contributed by atoms with Crippen molar-refractivity contribution in [2.45, 2.75) is 32.7 Å². The Morgan fingerprint density at radius 2 is 2.14 bits per heavy atom. The van der Waals surface area contributed by atoms with Gasteiger partial charge in [0.25, 0.3) is 0 Å². The van der Waals surface area contributed by atoms with Crippen molar-refractivity contribution in [1.82, 2.24) is 9.88 Å². The average molecular weight is 384 g/mol. The molecule has 7 heteroatoms. The number of amides is 2. The minimum atomic E-state index is -0.492. The second kappa shape index (κ2) is 6.65. The number of likely N-dealkylation sites (tertiary alicyclic amines) is 1. The van der Waals surface area contributed by atoms with E-state index in [1.807, 2.05) is 13.8 Å². The Balaban J connectivity index is 1.81. The molecular weight excluding hydrogens is 359 g/mol. The first kappa shape index (κ1) is 18.5. The molecule has 3 N–H and O–H groups in total. The molecule has 2 atom stereocenters. The first-order valence-electron chi connectivity index (χ1n) is 9.58. The Labute approximate surface area is 163 Å². The molecule has 4 rings (SSSR count). The van der Waals surface area contributed by atoms with Gasteiger partial charge in [-0.3, -0.25) is 9.59 Å². The van der Waals surface area contributed by atoms with E-state index in [1.54, 1.807) is 4.90 Å². The van der Waals surface area contributed by atoms with E-state index in [0.717, 1.165) is 35.1 Å². The summed E-state index contributed by atoms with van der Waals surface area (Å²) in [5.74, 6) is -0.594. The molecule has 0 radical (unpaired) electrons. The Morgan fingerprint density at radius 3 is 2.82 bits per heavy atom. The van der Waals surface area contributed by atoms with Crippen LogP contribution in [0.1, 0.15) is 23.2 Å². The molecule has 0 saturated carbocycles. The van der Waals surface area contributed by atoms with Crippen LogP contribution in [0.25, 0.3) is 10.9 Å². The topological polar surface area (TPSA) is 82.4 Å². The van der Waals surface area contributed by atoms with Crippen molar-refractivity contribution < 1.29 is 14.0 Å². The monoisotopic (exact) mass is 384 g/mol. The molecule has 0 spiro atoms. The van der Waals surface area contributed by atoms with Crippen LogP contribution in [0.5, 0.6) is 0 Å². The van der Waals surface area contributed by atoms with Crippen molar-refractivity contribution in [3.05, 3.63) is 41.4 Å². The molecule has 6 nitrogen and oxygen atoms in total. The number of hydrogen-bond acceptors (Lipinski definition) is 3. The van der Waals surface area contributed by atoms with Gasteiger partial charge in [-0.1, -0.05) is 6.58 Å². The molecule has 2 fully saturated rings. The van der Waals surface area contributed by atoms with Crippen LogP contribution in [-0.4, -0.2) is 47.4 Å². The number of primary amides is 1. The maximum atomic E-state index is 15.3. The van der Waals surface area contributed by atoms with Gasteiger partial charge in [-0.2, -0.15) is 0 Å². The van der Waals surface area contributed by atoms with E-state index in [9.17, 15) is 9.59 Å². The largest absolute Gasteiger partial charge is 0.369 e. The molecule has 0 bridgehead atoms. The molecule has 2 amide bonds. The number of carbonyl (C=O) groups is 2. The fourth-order valence-corrected chi connectivity index (χ4v) is 4.82. The molecular formula is C21H25FN4O2. The highest BCUT2D eigenvalue weighted by atomic mass is 19.1. The highest BCUT2D eigenvalue weighted by molar-refractivity contribution is 6.00. The molecule has 1 aromatic carbocycles. The zero-order valence-corrected chi connectivity index (χ0v) is 16.2. The van der Waals surface area contributed by atoms with Gasteiger partial charge < -0.3 is 20.5 Å². The van der Waals surface area contributed by atoms with Crippen LogP contribution in [0.2, 0.25) is 0 Å². The average Bonchev–Trinajstić information content (AvgIpc) is 3.30. The number of aromatic amines is 1. The van der Waals surface area contributed by atoms with Crippen LogP contribution in [0.4, 0.5) is 10.1 Å². The van der Waals surface area contributed by atoms with Crippen LogP contribution in [0.15, 0.2) is 18.7 Å². The van der Waals surface area contributed by atoms with Crippen molar-refractivity contribution in [1.29, 1.82) is 0 Å². The van der Waals surface area contributed by atoms with Gasteiger partial charge >= 0.3 is 0 Å². The third-order valence-electron chi connectivity index (χ3n) is 6.27. The molecule has 2 aromatic rings. The van der Waals surface area contributed by atoms with Crippen molar-refractivity contribution in [2.75, 3.05) is 24.5 Å². The number of nitrogens with two attached hydrogens (primary N) is 1. The maximum absolute atomic E-state index is 15.3. The molecule has 148 valence electrons. The summed E-state index contributed by atoms with van der Waals surface area (Å²) in [5, 5.41) is 0.808. The first-order chi connectivity index (χ1) is 13.3. The van der Waals surface area contributed by atoms with E-state index in [2.05, 4.69) is 16.5 Å². The van der Waals surface area contributed by atoms with Gasteiger partial charge in [0.2, 0.25) is 11.8 Å². The standard InChI is InChI=1S/C21H25FN4O2/c1-4-18(28)25-9-13-5-6-26(16(13)10-25)21-15(22)7-14(8-17(23)27)20-19(21)11(2)12(3)24-20/h4,7,13,16,24H,1,5-6,8-10H2,2-3H3,(H2,23,27). The summed E-state index contributed by atoms with van der Waals surface area (Å²) in [4.78, 5) is 30.7. The zero-order valence-electron chi connectivity index (χ0n) is 16.2. The van der Waals surface area contributed by atoms with E-state index in [1.165, 1.54) is 12.1 Å². The molecule has 2 unspecified atom stereocenters. The lowest BCUT2D eigenvalue weighted by Gasteiger charge is -2.28. The number of carbonyl (C=O) groups excluding carboxylic acids is 2. The number of fused-ring (bicyclic) bond motifs is 2. The van der Waals surface area contributed by atoms with Crippen LogP contribution < -0.4 is 10.6 Å². The van der Waals surface area contributed by atoms with Gasteiger partial charge in [0, 0.05) is 36.6 Å². The van der Waals surface area contributed by atoms with Crippen LogP contribution in [0, 0.1) is 25.6 Å². The highest BCUT2D eigenvalue weighted by Gasteiger charge is 2.44. The summed E-state index contributed by atoms with van der Waals surface area (Å²) in [5.41, 5.74) is 9.18. The number of nitrogens with one attached hydrogen (secondary N) is 1. The number of aryl methyl sites for hydroxylation is 2. The summed E-state index contributed by atoms with van der Waals surface area (Å²) in [6.45, 7) is 9.47. The summed E-state index contributed by atoms with van der Waals surface area (Å²) in [7, 11) is 0. The van der Waals surface area contributed by atoms with Gasteiger partial charge in [0.05, 0.1) is 23.7 Å². The number of rotatable bonds is 4. The molecule has 28 heavy (non-hydrogen) atoms.